The molecule has 90 valence electrons. The highest BCUT2D eigenvalue weighted by Gasteiger charge is 2.39. The fraction of sp³-hybridized carbons (Fsp3) is 0.833. The fourth-order valence-electron chi connectivity index (χ4n) is 3.20. The fourth-order valence-corrected chi connectivity index (χ4v) is 3.20. The van der Waals surface area contributed by atoms with Crippen LogP contribution < -0.4 is 11.2 Å². The van der Waals surface area contributed by atoms with Crippen molar-refractivity contribution in [3.8, 4) is 0 Å². The van der Waals surface area contributed by atoms with Crippen LogP contribution in [0.3, 0.4) is 0 Å². The Balaban J connectivity index is 1.99. The quantitative estimate of drug-likeness (QED) is 0.658. The molecule has 4 nitrogen and oxygen atoms in total. The Morgan fingerprint density at radius 2 is 2.31 bits per heavy atom. The second-order valence-corrected chi connectivity index (χ2v) is 5.45. The first-order chi connectivity index (χ1) is 7.60. The number of amides is 2. The Morgan fingerprint density at radius 3 is 3.06 bits per heavy atom. The minimum absolute atomic E-state index is 0.518. The van der Waals surface area contributed by atoms with Crippen LogP contribution in [0.25, 0.3) is 0 Å². The van der Waals surface area contributed by atoms with Gasteiger partial charge in [0.15, 0.2) is 0 Å². The second kappa shape index (κ2) is 4.44. The summed E-state index contributed by atoms with van der Waals surface area (Å²) in [7, 11) is 0. The molecular formula is C12H21N3O. The monoisotopic (exact) mass is 223 g/mol. The van der Waals surface area contributed by atoms with Crippen LogP contribution in [0.4, 0.5) is 4.79 Å². The lowest BCUT2D eigenvalue weighted by atomic mass is 9.60. The molecule has 16 heavy (non-hydrogen) atoms. The summed E-state index contributed by atoms with van der Waals surface area (Å²) in [5.74, 6) is 0.753. The van der Waals surface area contributed by atoms with Gasteiger partial charge in [-0.25, -0.2) is 10.2 Å². The van der Waals surface area contributed by atoms with Gasteiger partial charge in [-0.05, 0) is 43.4 Å². The van der Waals surface area contributed by atoms with Gasteiger partial charge in [0.1, 0.15) is 0 Å². The van der Waals surface area contributed by atoms with Crippen LogP contribution in [0.5, 0.6) is 0 Å². The van der Waals surface area contributed by atoms with Crippen molar-refractivity contribution in [3.63, 3.8) is 0 Å². The van der Waals surface area contributed by atoms with E-state index in [1.807, 2.05) is 0 Å². The van der Waals surface area contributed by atoms with Gasteiger partial charge < -0.3 is 5.73 Å². The van der Waals surface area contributed by atoms with Crippen LogP contribution in [0.2, 0.25) is 0 Å². The van der Waals surface area contributed by atoms with Crippen LogP contribution in [0.1, 0.15) is 51.9 Å². The largest absolute Gasteiger partial charge is 0.350 e. The van der Waals surface area contributed by atoms with Crippen molar-refractivity contribution in [2.75, 3.05) is 0 Å². The predicted molar refractivity (Wildman–Crippen MR) is 64.1 cm³/mol. The van der Waals surface area contributed by atoms with Crippen LogP contribution in [-0.4, -0.2) is 11.7 Å². The molecule has 0 radical (unpaired) electrons. The molecule has 0 heterocycles. The molecule has 0 saturated heterocycles. The Hall–Kier alpha value is -1.06. The SMILES string of the molecule is CC12CCCCC1C/C(=N/NC(N)=O)CC2. The number of fused-ring (bicyclic) bond motifs is 1. The van der Waals surface area contributed by atoms with Crippen molar-refractivity contribution in [1.82, 2.24) is 5.43 Å². The molecule has 2 amide bonds. The summed E-state index contributed by atoms with van der Waals surface area (Å²) in [5, 5.41) is 4.10. The van der Waals surface area contributed by atoms with E-state index in [2.05, 4.69) is 17.5 Å². The standard InChI is InChI=1S/C12H21N3O/c1-12-6-3-2-4-9(12)8-10(5-7-12)14-15-11(13)16/h9H,2-8H2,1H3,(H3,13,15,16)/b14-10+. The number of hydrogen-bond donors (Lipinski definition) is 2. The molecule has 2 fully saturated rings. The number of nitrogens with two attached hydrogens (primary N) is 1. The van der Waals surface area contributed by atoms with Crippen LogP contribution in [-0.2, 0) is 0 Å². The summed E-state index contributed by atoms with van der Waals surface area (Å²) in [6.45, 7) is 2.41. The Bertz CT molecular complexity index is 313. The summed E-state index contributed by atoms with van der Waals surface area (Å²) in [6.07, 6.45) is 8.64. The van der Waals surface area contributed by atoms with Gasteiger partial charge in [0.25, 0.3) is 0 Å². The van der Waals surface area contributed by atoms with Gasteiger partial charge >= 0.3 is 6.03 Å². The molecular weight excluding hydrogens is 202 g/mol. The van der Waals surface area contributed by atoms with Crippen LogP contribution in [0.15, 0.2) is 5.10 Å². The average molecular weight is 223 g/mol. The molecule has 2 atom stereocenters. The van der Waals surface area contributed by atoms with E-state index in [0.717, 1.165) is 24.5 Å². The molecule has 0 aromatic rings. The topological polar surface area (TPSA) is 67.5 Å². The first-order valence-corrected chi connectivity index (χ1v) is 6.21. The zero-order valence-corrected chi connectivity index (χ0v) is 9.96. The van der Waals surface area contributed by atoms with Gasteiger partial charge in [0, 0.05) is 5.71 Å². The van der Waals surface area contributed by atoms with Crippen molar-refractivity contribution < 1.29 is 4.79 Å². The summed E-state index contributed by atoms with van der Waals surface area (Å²) in [5.41, 5.74) is 8.99. The van der Waals surface area contributed by atoms with Crippen molar-refractivity contribution in [2.45, 2.75) is 51.9 Å². The van der Waals surface area contributed by atoms with E-state index in [-0.39, 0.29) is 0 Å². The third-order valence-corrected chi connectivity index (χ3v) is 4.33. The number of rotatable bonds is 1. The highest BCUT2D eigenvalue weighted by atomic mass is 16.2. The van der Waals surface area contributed by atoms with E-state index < -0.39 is 6.03 Å². The third kappa shape index (κ3) is 2.36. The lowest BCUT2D eigenvalue weighted by Gasteiger charge is -2.45. The Morgan fingerprint density at radius 1 is 1.50 bits per heavy atom. The average Bonchev–Trinajstić information content (AvgIpc) is 2.26. The molecule has 4 heteroatoms. The molecule has 0 spiro atoms. The molecule has 0 aliphatic heterocycles. The highest BCUT2D eigenvalue weighted by molar-refractivity contribution is 5.86. The van der Waals surface area contributed by atoms with Crippen LogP contribution >= 0.6 is 0 Å². The Labute approximate surface area is 96.7 Å². The second-order valence-electron chi connectivity index (χ2n) is 5.45. The zero-order valence-electron chi connectivity index (χ0n) is 9.96. The molecule has 0 bridgehead atoms. The maximum absolute atomic E-state index is 10.6. The summed E-state index contributed by atoms with van der Waals surface area (Å²) in [6, 6.07) is -0.565. The molecule has 2 aliphatic rings. The zero-order chi connectivity index (χ0) is 11.6. The smallest absolute Gasteiger partial charge is 0.332 e. The van der Waals surface area contributed by atoms with Gasteiger partial charge in [0.2, 0.25) is 0 Å². The summed E-state index contributed by atoms with van der Waals surface area (Å²) in [4.78, 5) is 10.6. The minimum Gasteiger partial charge on any atom is -0.350 e. The first-order valence-electron chi connectivity index (χ1n) is 6.21. The van der Waals surface area contributed by atoms with Crippen molar-refractivity contribution in [3.05, 3.63) is 0 Å². The van der Waals surface area contributed by atoms with Crippen molar-refractivity contribution >= 4 is 11.7 Å². The number of urea groups is 1. The number of hydrazone groups is 1. The number of nitrogens with zero attached hydrogens (tertiary/aromatic N) is 1. The van der Waals surface area contributed by atoms with E-state index in [0.29, 0.717) is 5.41 Å². The summed E-state index contributed by atoms with van der Waals surface area (Å²) < 4.78 is 0. The van der Waals surface area contributed by atoms with Crippen molar-refractivity contribution in [2.24, 2.45) is 22.2 Å². The van der Waals surface area contributed by atoms with Crippen LogP contribution in [0, 0.1) is 11.3 Å². The lowest BCUT2D eigenvalue weighted by molar-refractivity contribution is 0.0992. The maximum Gasteiger partial charge on any atom is 0.332 e. The van der Waals surface area contributed by atoms with E-state index in [1.54, 1.807) is 0 Å². The van der Waals surface area contributed by atoms with Gasteiger partial charge in [-0.2, -0.15) is 5.10 Å². The van der Waals surface area contributed by atoms with Gasteiger partial charge in [-0.3, -0.25) is 0 Å². The van der Waals surface area contributed by atoms with E-state index in [4.69, 9.17) is 5.73 Å². The normalized spacial score (nSPS) is 36.8. The minimum atomic E-state index is -0.565. The number of hydrogen-bond acceptors (Lipinski definition) is 2. The van der Waals surface area contributed by atoms with E-state index in [1.165, 1.54) is 32.1 Å². The molecule has 2 rings (SSSR count). The highest BCUT2D eigenvalue weighted by Crippen LogP contribution is 2.49. The summed E-state index contributed by atoms with van der Waals surface area (Å²) >= 11 is 0. The molecule has 3 N–H and O–H groups in total. The number of nitrogens with one attached hydrogen (secondary N) is 1. The maximum atomic E-state index is 10.6. The Kier molecular flexibility index (Phi) is 3.17. The predicted octanol–water partition coefficient (Wildman–Crippen LogP) is 2.39. The number of carbonyl (C=O) groups is 1. The number of primary amides is 1. The van der Waals surface area contributed by atoms with Gasteiger partial charge in [-0.15, -0.1) is 0 Å². The lowest BCUT2D eigenvalue weighted by Crippen LogP contribution is -2.38. The number of carbonyl (C=O) groups excluding carboxylic acids is 1. The van der Waals surface area contributed by atoms with E-state index in [9.17, 15) is 4.79 Å². The third-order valence-electron chi connectivity index (χ3n) is 4.33. The van der Waals surface area contributed by atoms with Crippen molar-refractivity contribution in [1.29, 1.82) is 0 Å². The molecule has 0 aromatic heterocycles. The molecule has 0 aromatic carbocycles. The first kappa shape index (κ1) is 11.4. The molecule has 2 aliphatic carbocycles. The molecule has 2 saturated carbocycles. The van der Waals surface area contributed by atoms with Gasteiger partial charge in [-0.1, -0.05) is 19.8 Å². The molecule has 2 unspecified atom stereocenters. The van der Waals surface area contributed by atoms with E-state index >= 15 is 0 Å². The van der Waals surface area contributed by atoms with Gasteiger partial charge in [0.05, 0.1) is 0 Å².